The molecule has 0 N–H and O–H groups in total. The maximum atomic E-state index is 5.49. The maximum absolute atomic E-state index is 5.49. The average molecular weight is 272 g/mol. The molecule has 1 aliphatic carbocycles. The molecule has 0 radical (unpaired) electrons. The number of nitrogens with zero attached hydrogens (tertiary/aromatic N) is 2. The van der Waals surface area contributed by atoms with Gasteiger partial charge in [-0.1, -0.05) is 13.3 Å². The summed E-state index contributed by atoms with van der Waals surface area (Å²) in [7, 11) is 3.38. The van der Waals surface area contributed by atoms with Crippen molar-refractivity contribution >= 4 is 10.9 Å². The van der Waals surface area contributed by atoms with Gasteiger partial charge >= 0.3 is 0 Å². The lowest BCUT2D eigenvalue weighted by atomic mass is 10.0. The number of rotatable bonds is 5. The predicted octanol–water partition coefficient (Wildman–Crippen LogP) is 3.48. The van der Waals surface area contributed by atoms with E-state index in [9.17, 15) is 0 Å². The molecule has 1 heterocycles. The minimum Gasteiger partial charge on any atom is -0.496 e. The van der Waals surface area contributed by atoms with Crippen LogP contribution in [0, 0.1) is 0 Å². The Bertz CT molecular complexity index is 636. The third kappa shape index (κ3) is 2.19. The third-order valence-electron chi connectivity index (χ3n) is 3.77. The number of aromatic nitrogens is 2. The van der Waals surface area contributed by atoms with Crippen molar-refractivity contribution in [3.8, 4) is 11.6 Å². The van der Waals surface area contributed by atoms with Crippen molar-refractivity contribution in [3.63, 3.8) is 0 Å². The molecular formula is C16H20N2O2. The van der Waals surface area contributed by atoms with Gasteiger partial charge in [0.25, 0.3) is 0 Å². The Morgan fingerprint density at radius 3 is 2.55 bits per heavy atom. The topological polar surface area (TPSA) is 44.2 Å². The van der Waals surface area contributed by atoms with Gasteiger partial charge in [-0.15, -0.1) is 0 Å². The molecule has 0 unspecified atom stereocenters. The molecule has 1 saturated carbocycles. The van der Waals surface area contributed by atoms with Crippen LogP contribution in [0.25, 0.3) is 10.9 Å². The minimum atomic E-state index is 0.508. The average Bonchev–Trinajstić information content (AvgIpc) is 3.31. The molecule has 0 aliphatic heterocycles. The van der Waals surface area contributed by atoms with Crippen LogP contribution in [-0.4, -0.2) is 24.2 Å². The van der Waals surface area contributed by atoms with E-state index in [0.717, 1.165) is 40.9 Å². The molecule has 2 aromatic rings. The van der Waals surface area contributed by atoms with Crippen LogP contribution >= 0.6 is 0 Å². The van der Waals surface area contributed by atoms with Gasteiger partial charge in [-0.25, -0.2) is 4.98 Å². The molecule has 1 fully saturated rings. The van der Waals surface area contributed by atoms with Crippen molar-refractivity contribution in [2.45, 2.75) is 38.5 Å². The molecule has 20 heavy (non-hydrogen) atoms. The first-order chi connectivity index (χ1) is 9.78. The Balaban J connectivity index is 2.26. The highest BCUT2D eigenvalue weighted by atomic mass is 16.5. The molecule has 1 aromatic carbocycles. The standard InChI is InChI=1S/C16H20N2O2/c1-4-5-11-13(19-2)9-8-12-14(11)17-15(10-6-7-10)18-16(12)20-3/h8-10H,4-7H2,1-3H3. The van der Waals surface area contributed by atoms with E-state index in [1.807, 2.05) is 12.1 Å². The molecule has 3 rings (SSSR count). The number of methoxy groups -OCH3 is 2. The Morgan fingerprint density at radius 1 is 1.15 bits per heavy atom. The largest absolute Gasteiger partial charge is 0.496 e. The molecule has 1 aliphatic rings. The highest BCUT2D eigenvalue weighted by Crippen LogP contribution is 2.41. The third-order valence-corrected chi connectivity index (χ3v) is 3.77. The molecule has 4 heteroatoms. The van der Waals surface area contributed by atoms with E-state index in [2.05, 4.69) is 11.9 Å². The Morgan fingerprint density at radius 2 is 1.95 bits per heavy atom. The maximum Gasteiger partial charge on any atom is 0.224 e. The van der Waals surface area contributed by atoms with Crippen LogP contribution in [0.15, 0.2) is 12.1 Å². The van der Waals surface area contributed by atoms with Crippen LogP contribution in [0.1, 0.15) is 43.5 Å². The second kappa shape index (κ2) is 5.27. The summed E-state index contributed by atoms with van der Waals surface area (Å²) in [5.41, 5.74) is 2.15. The first-order valence-corrected chi connectivity index (χ1v) is 7.20. The zero-order valence-corrected chi connectivity index (χ0v) is 12.3. The number of ether oxygens (including phenoxy) is 2. The zero-order chi connectivity index (χ0) is 14.1. The van der Waals surface area contributed by atoms with Crippen LogP contribution in [0.3, 0.4) is 0 Å². The molecular weight excluding hydrogens is 252 g/mol. The van der Waals surface area contributed by atoms with E-state index in [0.29, 0.717) is 11.8 Å². The van der Waals surface area contributed by atoms with Gasteiger partial charge in [0.1, 0.15) is 11.6 Å². The lowest BCUT2D eigenvalue weighted by molar-refractivity contribution is 0.399. The van der Waals surface area contributed by atoms with E-state index < -0.39 is 0 Å². The van der Waals surface area contributed by atoms with E-state index in [-0.39, 0.29) is 0 Å². The minimum absolute atomic E-state index is 0.508. The van der Waals surface area contributed by atoms with E-state index >= 15 is 0 Å². The van der Waals surface area contributed by atoms with Crippen LogP contribution < -0.4 is 9.47 Å². The SMILES string of the molecule is CCCc1c(OC)ccc2c(OC)nc(C3CC3)nc12. The monoisotopic (exact) mass is 272 g/mol. The summed E-state index contributed by atoms with van der Waals surface area (Å²) in [6.45, 7) is 2.17. The van der Waals surface area contributed by atoms with Crippen LogP contribution in [0.2, 0.25) is 0 Å². The Labute approximate surface area is 119 Å². The predicted molar refractivity (Wildman–Crippen MR) is 78.6 cm³/mol. The first-order valence-electron chi connectivity index (χ1n) is 7.20. The number of aryl methyl sites for hydroxylation is 1. The fourth-order valence-electron chi connectivity index (χ4n) is 2.58. The lowest BCUT2D eigenvalue weighted by Gasteiger charge is -2.13. The summed E-state index contributed by atoms with van der Waals surface area (Å²) in [4.78, 5) is 9.37. The zero-order valence-electron chi connectivity index (χ0n) is 12.3. The summed E-state index contributed by atoms with van der Waals surface area (Å²) in [5, 5.41) is 0.973. The van der Waals surface area contributed by atoms with E-state index in [1.165, 1.54) is 12.8 Å². The molecule has 0 saturated heterocycles. The molecule has 106 valence electrons. The number of benzene rings is 1. The Hall–Kier alpha value is -1.84. The van der Waals surface area contributed by atoms with E-state index in [1.54, 1.807) is 14.2 Å². The fourth-order valence-corrected chi connectivity index (χ4v) is 2.58. The molecule has 0 atom stereocenters. The molecule has 0 bridgehead atoms. The highest BCUT2D eigenvalue weighted by Gasteiger charge is 2.28. The molecule has 0 amide bonds. The number of hydrogen-bond acceptors (Lipinski definition) is 4. The van der Waals surface area contributed by atoms with Crippen molar-refractivity contribution in [2.24, 2.45) is 0 Å². The summed E-state index contributed by atoms with van der Waals surface area (Å²) in [5.74, 6) is 3.01. The van der Waals surface area contributed by atoms with Gasteiger partial charge in [0, 0.05) is 11.5 Å². The first kappa shape index (κ1) is 13.2. The summed E-state index contributed by atoms with van der Waals surface area (Å²) in [6.07, 6.45) is 4.37. The van der Waals surface area contributed by atoms with Gasteiger partial charge in [-0.2, -0.15) is 4.98 Å². The van der Waals surface area contributed by atoms with Crippen LogP contribution in [0.4, 0.5) is 0 Å². The van der Waals surface area contributed by atoms with Gasteiger partial charge in [-0.3, -0.25) is 0 Å². The van der Waals surface area contributed by atoms with Crippen LogP contribution in [0.5, 0.6) is 11.6 Å². The Kier molecular flexibility index (Phi) is 3.47. The smallest absolute Gasteiger partial charge is 0.224 e. The van der Waals surface area contributed by atoms with Crippen molar-refractivity contribution < 1.29 is 9.47 Å². The lowest BCUT2D eigenvalue weighted by Crippen LogP contribution is -2.02. The normalized spacial score (nSPS) is 14.6. The second-order valence-electron chi connectivity index (χ2n) is 5.26. The van der Waals surface area contributed by atoms with Gasteiger partial charge in [0.15, 0.2) is 0 Å². The molecule has 0 spiro atoms. The summed E-state index contributed by atoms with van der Waals surface area (Å²) < 4.78 is 11.0. The summed E-state index contributed by atoms with van der Waals surface area (Å²) in [6, 6.07) is 3.97. The quantitative estimate of drug-likeness (QED) is 0.836. The van der Waals surface area contributed by atoms with Crippen molar-refractivity contribution in [2.75, 3.05) is 14.2 Å². The number of fused-ring (bicyclic) bond motifs is 1. The van der Waals surface area contributed by atoms with Gasteiger partial charge in [0.05, 0.1) is 25.1 Å². The van der Waals surface area contributed by atoms with Crippen molar-refractivity contribution in [3.05, 3.63) is 23.5 Å². The fraction of sp³-hybridized carbons (Fsp3) is 0.500. The molecule has 1 aromatic heterocycles. The van der Waals surface area contributed by atoms with Gasteiger partial charge in [-0.05, 0) is 31.4 Å². The van der Waals surface area contributed by atoms with Crippen molar-refractivity contribution in [1.29, 1.82) is 0 Å². The van der Waals surface area contributed by atoms with Gasteiger partial charge in [0.2, 0.25) is 5.88 Å². The number of hydrogen-bond donors (Lipinski definition) is 0. The van der Waals surface area contributed by atoms with Crippen LogP contribution in [-0.2, 0) is 6.42 Å². The van der Waals surface area contributed by atoms with E-state index in [4.69, 9.17) is 14.5 Å². The van der Waals surface area contributed by atoms with Gasteiger partial charge < -0.3 is 9.47 Å². The second-order valence-corrected chi connectivity index (χ2v) is 5.26. The molecule has 4 nitrogen and oxygen atoms in total. The van der Waals surface area contributed by atoms with Crippen molar-refractivity contribution in [1.82, 2.24) is 9.97 Å². The highest BCUT2D eigenvalue weighted by molar-refractivity contribution is 5.88. The summed E-state index contributed by atoms with van der Waals surface area (Å²) >= 11 is 0.